The van der Waals surface area contributed by atoms with Gasteiger partial charge in [0.1, 0.15) is 11.9 Å². The Labute approximate surface area is 179 Å². The van der Waals surface area contributed by atoms with Crippen molar-refractivity contribution in [3.63, 3.8) is 0 Å². The third-order valence-corrected chi connectivity index (χ3v) is 4.67. The zero-order valence-electron chi connectivity index (χ0n) is 17.6. The van der Waals surface area contributed by atoms with Crippen LogP contribution >= 0.6 is 0 Å². The van der Waals surface area contributed by atoms with Gasteiger partial charge in [-0.3, -0.25) is 4.79 Å². The number of carboxylic acid groups (broad SMARTS) is 1. The number of unbranched alkanes of at least 4 members (excludes halogenated alkanes) is 3. The molecule has 1 unspecified atom stereocenters. The third-order valence-electron chi connectivity index (χ3n) is 4.67. The van der Waals surface area contributed by atoms with Gasteiger partial charge in [-0.1, -0.05) is 68.2 Å². The van der Waals surface area contributed by atoms with Gasteiger partial charge in [0.25, 0.3) is 0 Å². The zero-order chi connectivity index (χ0) is 22.2. The summed E-state index contributed by atoms with van der Waals surface area (Å²) in [5.41, 5.74) is 0. The molecule has 0 aromatic carbocycles. The lowest BCUT2D eigenvalue weighted by molar-refractivity contribution is -0.150. The van der Waals surface area contributed by atoms with Crippen LogP contribution in [0.4, 0.5) is 0 Å². The molecule has 5 heteroatoms. The van der Waals surface area contributed by atoms with E-state index < -0.39 is 24.0 Å². The van der Waals surface area contributed by atoms with Crippen molar-refractivity contribution < 1.29 is 24.2 Å². The lowest BCUT2D eigenvalue weighted by atomic mass is 9.85. The lowest BCUT2D eigenvalue weighted by Gasteiger charge is -2.29. The van der Waals surface area contributed by atoms with Gasteiger partial charge < -0.3 is 9.84 Å². The first-order valence-electron chi connectivity index (χ1n) is 10.4. The molecule has 162 valence electrons. The highest BCUT2D eigenvalue weighted by atomic mass is 16.5. The van der Waals surface area contributed by atoms with Crippen molar-refractivity contribution in [1.29, 1.82) is 0 Å². The van der Waals surface area contributed by atoms with E-state index in [1.54, 1.807) is 18.2 Å². The minimum Gasteiger partial charge on any atom is -0.478 e. The molecular weight excluding hydrogens is 380 g/mol. The second-order valence-corrected chi connectivity index (χ2v) is 7.15. The average molecular weight is 413 g/mol. The van der Waals surface area contributed by atoms with Gasteiger partial charge in [-0.2, -0.15) is 0 Å². The summed E-state index contributed by atoms with van der Waals surface area (Å²) in [5, 5.41) is 8.59. The van der Waals surface area contributed by atoms with Gasteiger partial charge in [0.05, 0.1) is 5.92 Å². The van der Waals surface area contributed by atoms with E-state index in [4.69, 9.17) is 9.84 Å². The van der Waals surface area contributed by atoms with Crippen molar-refractivity contribution in [3.05, 3.63) is 73.4 Å². The molecule has 0 saturated heterocycles. The molecule has 30 heavy (non-hydrogen) atoms. The van der Waals surface area contributed by atoms with Crippen LogP contribution < -0.4 is 0 Å². The van der Waals surface area contributed by atoms with Crippen LogP contribution in [0.2, 0.25) is 0 Å². The smallest absolute Gasteiger partial charge is 0.330 e. The van der Waals surface area contributed by atoms with Gasteiger partial charge in [-0.15, -0.1) is 0 Å². The summed E-state index contributed by atoms with van der Waals surface area (Å²) >= 11 is 0. The molecule has 0 bridgehead atoms. The average Bonchev–Trinajstić information content (AvgIpc) is 2.71. The normalized spacial score (nSPS) is 20.4. The lowest BCUT2D eigenvalue weighted by Crippen LogP contribution is -2.37. The number of ketones is 1. The van der Waals surface area contributed by atoms with Crippen molar-refractivity contribution in [1.82, 2.24) is 0 Å². The second-order valence-electron chi connectivity index (χ2n) is 7.15. The predicted octanol–water partition coefficient (Wildman–Crippen LogP) is 5.13. The summed E-state index contributed by atoms with van der Waals surface area (Å²) in [5.74, 6) is -1.92. The molecule has 0 aliphatic carbocycles. The Hall–Kier alpha value is -2.95. The van der Waals surface area contributed by atoms with E-state index in [1.807, 2.05) is 43.4 Å². The highest BCUT2D eigenvalue weighted by molar-refractivity contribution is 5.86. The highest BCUT2D eigenvalue weighted by Crippen LogP contribution is 2.26. The highest BCUT2D eigenvalue weighted by Gasteiger charge is 2.33. The summed E-state index contributed by atoms with van der Waals surface area (Å²) in [4.78, 5) is 35.0. The molecule has 5 nitrogen and oxygen atoms in total. The minimum absolute atomic E-state index is 0.0238. The van der Waals surface area contributed by atoms with Gasteiger partial charge >= 0.3 is 11.9 Å². The molecule has 0 aromatic heterocycles. The van der Waals surface area contributed by atoms with Crippen LogP contribution in [0.5, 0.6) is 0 Å². The Kier molecular flexibility index (Phi) is 12.5. The monoisotopic (exact) mass is 412 g/mol. The van der Waals surface area contributed by atoms with Crippen LogP contribution in [0.15, 0.2) is 73.4 Å². The third kappa shape index (κ3) is 10.6. The minimum atomic E-state index is -0.970. The first-order valence-corrected chi connectivity index (χ1v) is 10.4. The Bertz CT molecular complexity index is 724. The number of carbonyl (C=O) groups is 3. The number of esters is 1. The fourth-order valence-corrected chi connectivity index (χ4v) is 3.08. The molecule has 0 aromatic rings. The van der Waals surface area contributed by atoms with Crippen LogP contribution in [-0.4, -0.2) is 28.9 Å². The van der Waals surface area contributed by atoms with Crippen LogP contribution in [0.3, 0.4) is 0 Å². The number of aliphatic carboxylic acids is 1. The molecule has 0 saturated carbocycles. The predicted molar refractivity (Wildman–Crippen MR) is 119 cm³/mol. The van der Waals surface area contributed by atoms with Gasteiger partial charge in [-0.05, 0) is 32.1 Å². The maximum Gasteiger partial charge on any atom is 0.330 e. The van der Waals surface area contributed by atoms with Crippen molar-refractivity contribution in [2.24, 2.45) is 11.8 Å². The fraction of sp³-hybridized carbons (Fsp3) is 0.400. The molecular formula is C25H32O5. The zero-order valence-corrected chi connectivity index (χ0v) is 17.6. The molecule has 0 spiro atoms. The molecule has 0 radical (unpaired) electrons. The Balaban J connectivity index is 2.68. The summed E-state index contributed by atoms with van der Waals surface area (Å²) in [7, 11) is 0. The van der Waals surface area contributed by atoms with Gasteiger partial charge in [-0.25, -0.2) is 9.59 Å². The van der Waals surface area contributed by atoms with E-state index in [-0.39, 0.29) is 11.7 Å². The van der Waals surface area contributed by atoms with Gasteiger partial charge in [0.15, 0.2) is 0 Å². The molecule has 0 fully saturated rings. The van der Waals surface area contributed by atoms with Crippen molar-refractivity contribution in [2.45, 2.75) is 51.6 Å². The Morgan fingerprint density at radius 3 is 2.57 bits per heavy atom. The van der Waals surface area contributed by atoms with Crippen molar-refractivity contribution in [3.8, 4) is 0 Å². The molecule has 1 rings (SSSR count). The Morgan fingerprint density at radius 1 is 1.13 bits per heavy atom. The number of cyclic esters (lactones) is 1. The molecule has 0 amide bonds. The number of hydrogen-bond acceptors (Lipinski definition) is 4. The van der Waals surface area contributed by atoms with Crippen LogP contribution in [0, 0.1) is 11.8 Å². The number of carboxylic acids is 1. The maximum absolute atomic E-state index is 12.9. The standard InChI is InChI=1S/C25H32O5/c1-3-4-5-6-7-8-9-12-15-21(25-20(2)18-19-24(29)30-25)22(26)16-13-10-11-14-17-23(27)28/h3-5,8-9,12,14-15,17-21,25H,1,6-7,10-11,13,16H2,2H3,(H,27,28)/t20-,21?,25-/m0/s1. The van der Waals surface area contributed by atoms with Crippen LogP contribution in [-0.2, 0) is 19.1 Å². The summed E-state index contributed by atoms with van der Waals surface area (Å²) < 4.78 is 5.46. The van der Waals surface area contributed by atoms with E-state index in [9.17, 15) is 14.4 Å². The SMILES string of the molecule is C=CC=CCCC=CC=CC(C(=O)CCCCC=CC(=O)O)[C@H]1OC(=O)C=C[C@@H]1C. The number of ether oxygens (including phenoxy) is 1. The van der Waals surface area contributed by atoms with E-state index in [0.29, 0.717) is 19.3 Å². The number of allylic oxidation sites excluding steroid dienone is 7. The Morgan fingerprint density at radius 2 is 1.87 bits per heavy atom. The van der Waals surface area contributed by atoms with Gasteiger partial charge in [0.2, 0.25) is 0 Å². The maximum atomic E-state index is 12.9. The summed E-state index contributed by atoms with van der Waals surface area (Å²) in [6.07, 6.45) is 22.8. The number of hydrogen-bond donors (Lipinski definition) is 1. The molecule has 1 aliphatic heterocycles. The quantitative estimate of drug-likeness (QED) is 0.185. The van der Waals surface area contributed by atoms with E-state index in [2.05, 4.69) is 6.58 Å². The first kappa shape index (κ1) is 25.1. The van der Waals surface area contributed by atoms with Crippen LogP contribution in [0.1, 0.15) is 45.4 Å². The molecule has 1 heterocycles. The molecule has 1 aliphatic rings. The van der Waals surface area contributed by atoms with Crippen molar-refractivity contribution >= 4 is 17.7 Å². The number of rotatable bonds is 14. The number of carbonyl (C=O) groups excluding carboxylic acids is 2. The van der Waals surface area contributed by atoms with Gasteiger partial charge in [0, 0.05) is 24.5 Å². The largest absolute Gasteiger partial charge is 0.478 e. The van der Waals surface area contributed by atoms with E-state index >= 15 is 0 Å². The second kappa shape index (κ2) is 15.0. The summed E-state index contributed by atoms with van der Waals surface area (Å²) in [6, 6.07) is 0. The topological polar surface area (TPSA) is 80.7 Å². The van der Waals surface area contributed by atoms with Crippen molar-refractivity contribution in [2.75, 3.05) is 0 Å². The number of Topliss-reactive ketones (excluding diaryl/α,β-unsaturated/α-hetero) is 1. The van der Waals surface area contributed by atoms with E-state index in [1.165, 1.54) is 6.08 Å². The van der Waals surface area contributed by atoms with Crippen LogP contribution in [0.25, 0.3) is 0 Å². The fourth-order valence-electron chi connectivity index (χ4n) is 3.08. The first-order chi connectivity index (χ1) is 14.5. The molecule has 3 atom stereocenters. The van der Waals surface area contributed by atoms with E-state index in [0.717, 1.165) is 25.3 Å². The molecule has 1 N–H and O–H groups in total. The summed E-state index contributed by atoms with van der Waals surface area (Å²) in [6.45, 7) is 5.56.